The Bertz CT molecular complexity index is 855. The summed E-state index contributed by atoms with van der Waals surface area (Å²) >= 11 is 0. The largest absolute Gasteiger partial charge is 0.478 e. The van der Waals surface area contributed by atoms with Crippen molar-refractivity contribution in [3.63, 3.8) is 0 Å². The minimum absolute atomic E-state index is 0.323. The lowest BCUT2D eigenvalue weighted by Gasteiger charge is -2.21. The van der Waals surface area contributed by atoms with Crippen molar-refractivity contribution in [1.82, 2.24) is 0 Å². The van der Waals surface area contributed by atoms with Gasteiger partial charge in [0.15, 0.2) is 0 Å². The highest BCUT2D eigenvalue weighted by atomic mass is 16.4. The number of aryl methyl sites for hydroxylation is 3. The Morgan fingerprint density at radius 1 is 1.04 bits per heavy atom. The Balaban J connectivity index is 1.91. The quantitative estimate of drug-likeness (QED) is 0.533. The third kappa shape index (κ3) is 4.07. The molecule has 0 radical (unpaired) electrons. The molecule has 3 rings (SSSR count). The normalized spacial score (nSPS) is 16.7. The summed E-state index contributed by atoms with van der Waals surface area (Å²) in [6, 6.07) is 11.8. The Hall–Kier alpha value is -2.35. The summed E-state index contributed by atoms with van der Waals surface area (Å²) in [5.74, 6) is -0.887. The highest BCUT2D eigenvalue weighted by molar-refractivity contribution is 5.88. The van der Waals surface area contributed by atoms with Gasteiger partial charge in [-0.1, -0.05) is 44.2 Å². The number of benzene rings is 2. The van der Waals surface area contributed by atoms with E-state index in [9.17, 15) is 4.79 Å². The van der Waals surface area contributed by atoms with Crippen LogP contribution in [0.2, 0.25) is 0 Å². The lowest BCUT2D eigenvalue weighted by Crippen LogP contribution is -2.10. The average molecular weight is 348 g/mol. The topological polar surface area (TPSA) is 37.3 Å². The zero-order valence-corrected chi connectivity index (χ0v) is 16.2. The highest BCUT2D eigenvalue weighted by Crippen LogP contribution is 2.35. The third-order valence-corrected chi connectivity index (χ3v) is 5.65. The fourth-order valence-corrected chi connectivity index (χ4v) is 3.82. The van der Waals surface area contributed by atoms with Crippen LogP contribution in [0.4, 0.5) is 0 Å². The van der Waals surface area contributed by atoms with Gasteiger partial charge in [-0.05, 0) is 90.5 Å². The molecule has 0 fully saturated rings. The summed E-state index contributed by atoms with van der Waals surface area (Å²) < 4.78 is 0. The van der Waals surface area contributed by atoms with Crippen molar-refractivity contribution in [2.45, 2.75) is 53.4 Å². The Morgan fingerprint density at radius 3 is 2.19 bits per heavy atom. The smallest absolute Gasteiger partial charge is 0.335 e. The molecule has 0 aliphatic heterocycles. The molecule has 2 heteroatoms. The van der Waals surface area contributed by atoms with E-state index >= 15 is 0 Å². The first-order valence-electron chi connectivity index (χ1n) is 9.40. The molecule has 0 atom stereocenters. The van der Waals surface area contributed by atoms with Crippen molar-refractivity contribution in [2.24, 2.45) is 5.41 Å². The first-order valence-corrected chi connectivity index (χ1v) is 9.40. The van der Waals surface area contributed by atoms with E-state index in [1.54, 1.807) is 12.1 Å². The minimum atomic E-state index is -0.887. The first kappa shape index (κ1) is 18.4. The van der Waals surface area contributed by atoms with Gasteiger partial charge in [-0.25, -0.2) is 4.79 Å². The minimum Gasteiger partial charge on any atom is -0.478 e. The summed E-state index contributed by atoms with van der Waals surface area (Å²) in [4.78, 5) is 11.0. The van der Waals surface area contributed by atoms with Gasteiger partial charge < -0.3 is 5.11 Å². The Kier molecular flexibility index (Phi) is 5.04. The van der Waals surface area contributed by atoms with Crippen LogP contribution in [0.5, 0.6) is 0 Å². The molecule has 0 saturated carbocycles. The summed E-state index contributed by atoms with van der Waals surface area (Å²) in [6.07, 6.45) is 6.95. The lowest BCUT2D eigenvalue weighted by molar-refractivity contribution is 0.0697. The molecular formula is C24H28O2. The number of fused-ring (bicyclic) bond motifs is 1. The van der Waals surface area contributed by atoms with E-state index < -0.39 is 5.97 Å². The number of hydrogen-bond donors (Lipinski definition) is 1. The van der Waals surface area contributed by atoms with Crippen molar-refractivity contribution in [2.75, 3.05) is 0 Å². The fourth-order valence-electron chi connectivity index (χ4n) is 3.82. The molecule has 1 aliphatic rings. The van der Waals surface area contributed by atoms with Crippen LogP contribution >= 0.6 is 0 Å². The molecule has 1 aliphatic carbocycles. The Morgan fingerprint density at radius 2 is 1.62 bits per heavy atom. The van der Waals surface area contributed by atoms with Crippen molar-refractivity contribution in [3.8, 4) is 0 Å². The number of allylic oxidation sites excluding steroid dienone is 1. The van der Waals surface area contributed by atoms with Crippen LogP contribution in [0, 0.1) is 12.3 Å². The van der Waals surface area contributed by atoms with Gasteiger partial charge in [0.2, 0.25) is 0 Å². The molecule has 0 heterocycles. The predicted octanol–water partition coefficient (Wildman–Crippen LogP) is 6.16. The predicted molar refractivity (Wildman–Crippen MR) is 109 cm³/mol. The SMILES string of the molecule is CC(=Cc1ccc(C(=O)O)cc1)c1cc2c(cc1C)CCC(C)(C)CC2. The lowest BCUT2D eigenvalue weighted by atomic mass is 9.85. The second-order valence-corrected chi connectivity index (χ2v) is 8.35. The molecule has 0 spiro atoms. The molecule has 0 saturated heterocycles. The second-order valence-electron chi connectivity index (χ2n) is 8.35. The molecule has 136 valence electrons. The number of carbonyl (C=O) groups is 1. The second kappa shape index (κ2) is 7.11. The third-order valence-electron chi connectivity index (χ3n) is 5.65. The fraction of sp³-hybridized carbons (Fsp3) is 0.375. The van der Waals surface area contributed by atoms with Gasteiger partial charge in [0.25, 0.3) is 0 Å². The van der Waals surface area contributed by atoms with E-state index in [1.165, 1.54) is 47.1 Å². The molecule has 0 amide bonds. The Labute approximate surface area is 156 Å². The maximum Gasteiger partial charge on any atom is 0.335 e. The van der Waals surface area contributed by atoms with Gasteiger partial charge in [0.05, 0.1) is 5.56 Å². The molecule has 2 aromatic rings. The van der Waals surface area contributed by atoms with Crippen LogP contribution in [-0.2, 0) is 12.8 Å². The number of aromatic carboxylic acids is 1. The van der Waals surface area contributed by atoms with Crippen LogP contribution in [-0.4, -0.2) is 11.1 Å². The molecule has 2 nitrogen and oxygen atoms in total. The van der Waals surface area contributed by atoms with Crippen LogP contribution in [0.3, 0.4) is 0 Å². The summed E-state index contributed by atoms with van der Waals surface area (Å²) in [5, 5.41) is 9.03. The standard InChI is InChI=1S/C24H28O2/c1-16(13-18-5-7-19(8-6-18)23(25)26)22-15-21-10-12-24(3,4)11-9-20(21)14-17(22)2/h5-8,13-15H,9-12H2,1-4H3,(H,25,26). The van der Waals surface area contributed by atoms with Crippen molar-refractivity contribution < 1.29 is 9.90 Å². The maximum atomic E-state index is 11.0. The molecule has 0 aromatic heterocycles. The average Bonchev–Trinajstić information content (AvgIpc) is 2.73. The first-order chi connectivity index (χ1) is 12.2. The number of carboxylic acids is 1. The van der Waals surface area contributed by atoms with E-state index in [1.807, 2.05) is 12.1 Å². The van der Waals surface area contributed by atoms with E-state index in [0.717, 1.165) is 12.0 Å². The zero-order valence-electron chi connectivity index (χ0n) is 16.2. The van der Waals surface area contributed by atoms with Gasteiger partial charge in [-0.3, -0.25) is 0 Å². The highest BCUT2D eigenvalue weighted by Gasteiger charge is 2.23. The van der Waals surface area contributed by atoms with Gasteiger partial charge >= 0.3 is 5.97 Å². The van der Waals surface area contributed by atoms with Crippen molar-refractivity contribution in [3.05, 3.63) is 69.8 Å². The molecule has 1 N–H and O–H groups in total. The van der Waals surface area contributed by atoms with E-state index in [-0.39, 0.29) is 0 Å². The van der Waals surface area contributed by atoms with Gasteiger partial charge in [0.1, 0.15) is 0 Å². The summed E-state index contributed by atoms with van der Waals surface area (Å²) in [5.41, 5.74) is 8.61. The van der Waals surface area contributed by atoms with Crippen molar-refractivity contribution >= 4 is 17.6 Å². The number of carboxylic acid groups (broad SMARTS) is 1. The molecule has 0 bridgehead atoms. The monoisotopic (exact) mass is 348 g/mol. The zero-order chi connectivity index (χ0) is 18.9. The maximum absolute atomic E-state index is 11.0. The van der Waals surface area contributed by atoms with Crippen LogP contribution in [0.15, 0.2) is 36.4 Å². The van der Waals surface area contributed by atoms with Crippen LogP contribution in [0.25, 0.3) is 11.6 Å². The van der Waals surface area contributed by atoms with Gasteiger partial charge in [0, 0.05) is 0 Å². The summed E-state index contributed by atoms with van der Waals surface area (Å²) in [6.45, 7) is 9.08. The molecular weight excluding hydrogens is 320 g/mol. The number of rotatable bonds is 3. The van der Waals surface area contributed by atoms with E-state index in [4.69, 9.17) is 5.11 Å². The molecule has 26 heavy (non-hydrogen) atoms. The molecule has 0 unspecified atom stereocenters. The summed E-state index contributed by atoms with van der Waals surface area (Å²) in [7, 11) is 0. The molecule has 2 aromatic carbocycles. The van der Waals surface area contributed by atoms with Gasteiger partial charge in [-0.2, -0.15) is 0 Å². The number of hydrogen-bond acceptors (Lipinski definition) is 1. The van der Waals surface area contributed by atoms with Gasteiger partial charge in [-0.15, -0.1) is 0 Å². The van der Waals surface area contributed by atoms with E-state index in [2.05, 4.69) is 45.9 Å². The van der Waals surface area contributed by atoms with Crippen LogP contribution < -0.4 is 0 Å². The van der Waals surface area contributed by atoms with Crippen LogP contribution in [0.1, 0.15) is 71.8 Å². The van der Waals surface area contributed by atoms with Crippen molar-refractivity contribution in [1.29, 1.82) is 0 Å². The van der Waals surface area contributed by atoms with E-state index in [0.29, 0.717) is 11.0 Å².